The van der Waals surface area contributed by atoms with Crippen molar-refractivity contribution in [3.63, 3.8) is 0 Å². The van der Waals surface area contributed by atoms with Crippen LogP contribution in [0.15, 0.2) is 0 Å². The third-order valence-corrected chi connectivity index (χ3v) is 7.64. The summed E-state index contributed by atoms with van der Waals surface area (Å²) in [6.45, 7) is 3.83. The van der Waals surface area contributed by atoms with Crippen molar-refractivity contribution in [3.05, 3.63) is 0 Å². The maximum Gasteiger partial charge on any atom is 0.311 e. The molecule has 0 aromatic heterocycles. The van der Waals surface area contributed by atoms with Gasteiger partial charge in [-0.3, -0.25) is 9.59 Å². The lowest BCUT2D eigenvalue weighted by Crippen LogP contribution is -2.41. The SMILES string of the molecule is CC1(C)C(C(=O)O)(C2CCCCC2)C1(C(=O)O)C1CCCCC1. The van der Waals surface area contributed by atoms with Gasteiger partial charge < -0.3 is 10.2 Å². The van der Waals surface area contributed by atoms with E-state index in [0.29, 0.717) is 0 Å². The van der Waals surface area contributed by atoms with E-state index in [1.807, 2.05) is 13.8 Å². The molecule has 0 heterocycles. The molecule has 3 aliphatic rings. The third-order valence-electron chi connectivity index (χ3n) is 7.64. The second kappa shape index (κ2) is 5.49. The van der Waals surface area contributed by atoms with Crippen molar-refractivity contribution in [1.82, 2.24) is 0 Å². The average molecular weight is 322 g/mol. The van der Waals surface area contributed by atoms with Crippen molar-refractivity contribution in [3.8, 4) is 0 Å². The minimum absolute atomic E-state index is 0.0155. The molecule has 0 aromatic rings. The van der Waals surface area contributed by atoms with Crippen LogP contribution < -0.4 is 0 Å². The van der Waals surface area contributed by atoms with Gasteiger partial charge in [-0.15, -0.1) is 0 Å². The van der Waals surface area contributed by atoms with E-state index in [4.69, 9.17) is 0 Å². The molecule has 0 bridgehead atoms. The highest BCUT2D eigenvalue weighted by atomic mass is 16.4. The van der Waals surface area contributed by atoms with Crippen LogP contribution in [-0.2, 0) is 9.59 Å². The van der Waals surface area contributed by atoms with Gasteiger partial charge in [-0.05, 0) is 42.9 Å². The second-order valence-electron chi connectivity index (χ2n) is 8.52. The first kappa shape index (κ1) is 16.8. The molecular weight excluding hydrogens is 292 g/mol. The van der Waals surface area contributed by atoms with Gasteiger partial charge in [0, 0.05) is 0 Å². The van der Waals surface area contributed by atoms with Crippen LogP contribution in [0.2, 0.25) is 0 Å². The number of carboxylic acid groups (broad SMARTS) is 2. The van der Waals surface area contributed by atoms with Crippen LogP contribution in [0.5, 0.6) is 0 Å². The molecule has 0 aliphatic heterocycles. The van der Waals surface area contributed by atoms with Gasteiger partial charge in [-0.1, -0.05) is 52.4 Å². The number of hydrogen-bond acceptors (Lipinski definition) is 2. The molecule has 0 spiro atoms. The molecule has 4 nitrogen and oxygen atoms in total. The zero-order valence-electron chi connectivity index (χ0n) is 14.4. The summed E-state index contributed by atoms with van der Waals surface area (Å²) in [4.78, 5) is 25.0. The highest BCUT2D eigenvalue weighted by Crippen LogP contribution is 2.86. The summed E-state index contributed by atoms with van der Waals surface area (Å²) in [5.41, 5.74) is -2.82. The lowest BCUT2D eigenvalue weighted by atomic mass is 9.67. The molecule has 2 atom stereocenters. The Hall–Kier alpha value is -1.06. The van der Waals surface area contributed by atoms with Crippen LogP contribution in [0.25, 0.3) is 0 Å². The largest absolute Gasteiger partial charge is 0.481 e. The van der Waals surface area contributed by atoms with Crippen molar-refractivity contribution >= 4 is 11.9 Å². The van der Waals surface area contributed by atoms with E-state index in [9.17, 15) is 19.8 Å². The van der Waals surface area contributed by atoms with Gasteiger partial charge >= 0.3 is 11.9 Å². The molecule has 23 heavy (non-hydrogen) atoms. The normalized spacial score (nSPS) is 38.2. The van der Waals surface area contributed by atoms with E-state index in [2.05, 4.69) is 0 Å². The Kier molecular flexibility index (Phi) is 4.01. The molecule has 0 aromatic carbocycles. The van der Waals surface area contributed by atoms with Gasteiger partial charge in [0.15, 0.2) is 0 Å². The number of carboxylic acids is 2. The first-order valence-corrected chi connectivity index (χ1v) is 9.32. The highest BCUT2D eigenvalue weighted by Gasteiger charge is 2.92. The highest BCUT2D eigenvalue weighted by molar-refractivity contribution is 5.96. The molecule has 3 saturated carbocycles. The maximum absolute atomic E-state index is 12.5. The van der Waals surface area contributed by atoms with E-state index < -0.39 is 28.2 Å². The Balaban J connectivity index is 2.10. The smallest absolute Gasteiger partial charge is 0.311 e. The Morgan fingerprint density at radius 1 is 0.696 bits per heavy atom. The predicted octanol–water partition coefficient (Wildman–Crippen LogP) is 4.33. The van der Waals surface area contributed by atoms with E-state index >= 15 is 0 Å². The number of hydrogen-bond donors (Lipinski definition) is 2. The minimum Gasteiger partial charge on any atom is -0.481 e. The van der Waals surface area contributed by atoms with Crippen LogP contribution in [-0.4, -0.2) is 22.2 Å². The van der Waals surface area contributed by atoms with Gasteiger partial charge in [0.05, 0.1) is 10.8 Å². The number of rotatable bonds is 4. The fraction of sp³-hybridized carbons (Fsp3) is 0.895. The van der Waals surface area contributed by atoms with Gasteiger partial charge in [-0.2, -0.15) is 0 Å². The van der Waals surface area contributed by atoms with E-state index in [1.54, 1.807) is 0 Å². The molecule has 2 N–H and O–H groups in total. The summed E-state index contributed by atoms with van der Waals surface area (Å²) in [6, 6.07) is 0. The molecule has 0 amide bonds. The lowest BCUT2D eigenvalue weighted by Gasteiger charge is -2.35. The first-order chi connectivity index (χ1) is 10.8. The van der Waals surface area contributed by atoms with Gasteiger partial charge in [-0.25, -0.2) is 0 Å². The zero-order chi connectivity index (χ0) is 16.9. The van der Waals surface area contributed by atoms with Crippen molar-refractivity contribution in [2.75, 3.05) is 0 Å². The Morgan fingerprint density at radius 3 is 1.26 bits per heavy atom. The van der Waals surface area contributed by atoms with Gasteiger partial charge in [0.25, 0.3) is 0 Å². The summed E-state index contributed by atoms with van der Waals surface area (Å²) < 4.78 is 0. The fourth-order valence-electron chi connectivity index (χ4n) is 6.90. The van der Waals surface area contributed by atoms with Crippen molar-refractivity contribution in [1.29, 1.82) is 0 Å². The van der Waals surface area contributed by atoms with Gasteiger partial charge in [0.1, 0.15) is 0 Å². The monoisotopic (exact) mass is 322 g/mol. The van der Waals surface area contributed by atoms with Crippen LogP contribution in [0.1, 0.15) is 78.1 Å². The van der Waals surface area contributed by atoms with Crippen LogP contribution in [0.4, 0.5) is 0 Å². The van der Waals surface area contributed by atoms with Gasteiger partial charge in [0.2, 0.25) is 0 Å². The average Bonchev–Trinajstić information content (AvgIpc) is 3.02. The van der Waals surface area contributed by atoms with Crippen molar-refractivity contribution < 1.29 is 19.8 Å². The molecule has 2 unspecified atom stereocenters. The Morgan fingerprint density at radius 2 is 1.00 bits per heavy atom. The summed E-state index contributed by atoms with van der Waals surface area (Å²) >= 11 is 0. The zero-order valence-corrected chi connectivity index (χ0v) is 14.4. The van der Waals surface area contributed by atoms with Crippen LogP contribution in [0, 0.1) is 28.1 Å². The first-order valence-electron chi connectivity index (χ1n) is 9.32. The molecule has 3 aliphatic carbocycles. The standard InChI is InChI=1S/C19H30O4/c1-17(2)18(15(20)21,13-9-5-3-6-10-13)19(17,16(22)23)14-11-7-4-8-12-14/h13-14H,3-12H2,1-2H3,(H,20,21)(H,22,23). The summed E-state index contributed by atoms with van der Waals surface area (Å²) in [7, 11) is 0. The third kappa shape index (κ3) is 1.84. The molecule has 0 saturated heterocycles. The molecule has 4 heteroatoms. The van der Waals surface area contributed by atoms with E-state index in [-0.39, 0.29) is 11.8 Å². The molecular formula is C19H30O4. The minimum atomic E-state index is -1.08. The Labute approximate surface area is 138 Å². The van der Waals surface area contributed by atoms with E-state index in [1.165, 1.54) is 0 Å². The number of aliphatic carboxylic acids is 2. The van der Waals surface area contributed by atoms with Crippen molar-refractivity contribution in [2.45, 2.75) is 78.1 Å². The molecule has 3 fully saturated rings. The maximum atomic E-state index is 12.5. The topological polar surface area (TPSA) is 74.6 Å². The number of carbonyl (C=O) groups is 2. The van der Waals surface area contributed by atoms with Crippen molar-refractivity contribution in [2.24, 2.45) is 28.1 Å². The summed E-state index contributed by atoms with van der Waals surface area (Å²) in [5, 5.41) is 20.5. The quantitative estimate of drug-likeness (QED) is 0.808. The predicted molar refractivity (Wildman–Crippen MR) is 87.1 cm³/mol. The second-order valence-corrected chi connectivity index (χ2v) is 8.52. The lowest BCUT2D eigenvalue weighted by molar-refractivity contribution is -0.160. The molecule has 0 radical (unpaired) electrons. The Bertz CT molecular complexity index is 455. The summed E-state index contributed by atoms with van der Waals surface area (Å²) in [5.74, 6) is -1.69. The fourth-order valence-corrected chi connectivity index (χ4v) is 6.90. The van der Waals surface area contributed by atoms with Crippen LogP contribution >= 0.6 is 0 Å². The molecule has 130 valence electrons. The van der Waals surface area contributed by atoms with Crippen LogP contribution in [0.3, 0.4) is 0 Å². The van der Waals surface area contributed by atoms with E-state index in [0.717, 1.165) is 64.2 Å². The molecule has 3 rings (SSSR count). The summed E-state index contributed by atoms with van der Waals surface area (Å²) in [6.07, 6.45) is 9.94.